The van der Waals surface area contributed by atoms with Crippen LogP contribution in [-0.2, 0) is 0 Å². The number of nitriles is 1. The Morgan fingerprint density at radius 2 is 1.68 bits per heavy atom. The van der Waals surface area contributed by atoms with Crippen LogP contribution < -0.4 is 0 Å². The number of nitrogens with zero attached hydrogens (tertiary/aromatic N) is 1. The third-order valence-corrected chi connectivity index (χ3v) is 5.39. The molecule has 1 atom stereocenters. The van der Waals surface area contributed by atoms with E-state index in [9.17, 15) is 10.4 Å². The van der Waals surface area contributed by atoms with Crippen LogP contribution >= 0.6 is 0 Å². The topological polar surface area (TPSA) is 44.0 Å². The molecule has 0 bridgehead atoms. The summed E-state index contributed by atoms with van der Waals surface area (Å²) in [5.74, 6) is 0.953. The second-order valence-corrected chi connectivity index (χ2v) is 7.43. The first-order chi connectivity index (χ1) is 8.80. The van der Waals surface area contributed by atoms with Gasteiger partial charge in [0.15, 0.2) is 0 Å². The van der Waals surface area contributed by atoms with Gasteiger partial charge < -0.3 is 5.11 Å². The average Bonchev–Trinajstić information content (AvgIpc) is 2.39. The van der Waals surface area contributed by atoms with Crippen molar-refractivity contribution in [2.45, 2.75) is 79.2 Å². The fourth-order valence-corrected chi connectivity index (χ4v) is 3.66. The van der Waals surface area contributed by atoms with Crippen molar-refractivity contribution >= 4 is 0 Å². The Labute approximate surface area is 119 Å². The smallest absolute Gasteiger partial charge is 0.0835 e. The Morgan fingerprint density at radius 3 is 2.00 bits per heavy atom. The van der Waals surface area contributed by atoms with Crippen LogP contribution in [0.15, 0.2) is 0 Å². The Balaban J connectivity index is 2.79. The van der Waals surface area contributed by atoms with Crippen LogP contribution in [0.3, 0.4) is 0 Å². The molecule has 0 spiro atoms. The van der Waals surface area contributed by atoms with Gasteiger partial charge in [0.25, 0.3) is 0 Å². The summed E-state index contributed by atoms with van der Waals surface area (Å²) in [7, 11) is 0. The zero-order valence-corrected chi connectivity index (χ0v) is 13.4. The summed E-state index contributed by atoms with van der Waals surface area (Å²) in [6.07, 6.45) is 5.36. The molecule has 0 aromatic carbocycles. The second kappa shape index (κ2) is 6.27. The maximum absolute atomic E-state index is 10.7. The largest absolute Gasteiger partial charge is 0.391 e. The molecule has 0 heterocycles. The molecule has 0 amide bonds. The molecule has 110 valence electrons. The number of aliphatic hydroxyl groups is 1. The molecule has 1 fully saturated rings. The molecule has 0 aromatic rings. The van der Waals surface area contributed by atoms with Gasteiger partial charge in [-0.2, -0.15) is 5.26 Å². The first kappa shape index (κ1) is 16.5. The van der Waals surface area contributed by atoms with E-state index in [2.05, 4.69) is 40.7 Å². The highest BCUT2D eigenvalue weighted by Gasteiger charge is 2.45. The first-order valence-corrected chi connectivity index (χ1v) is 7.90. The lowest BCUT2D eigenvalue weighted by molar-refractivity contribution is -0.0276. The van der Waals surface area contributed by atoms with Crippen LogP contribution in [0, 0.1) is 34.0 Å². The molecule has 2 nitrogen and oxygen atoms in total. The van der Waals surface area contributed by atoms with Crippen LogP contribution in [0.25, 0.3) is 0 Å². The van der Waals surface area contributed by atoms with E-state index < -0.39 is 11.5 Å². The van der Waals surface area contributed by atoms with Gasteiger partial charge in [0.05, 0.1) is 17.6 Å². The van der Waals surface area contributed by atoms with E-state index in [1.54, 1.807) is 0 Å². The van der Waals surface area contributed by atoms with Gasteiger partial charge in [-0.05, 0) is 42.9 Å². The zero-order chi connectivity index (χ0) is 14.7. The quantitative estimate of drug-likeness (QED) is 0.811. The van der Waals surface area contributed by atoms with Crippen molar-refractivity contribution in [1.29, 1.82) is 5.26 Å². The minimum absolute atomic E-state index is 0.269. The fraction of sp³-hybridized carbons (Fsp3) is 0.941. The summed E-state index contributed by atoms with van der Waals surface area (Å²) in [5.41, 5.74) is -0.167. The molecule has 0 saturated heterocycles. The highest BCUT2D eigenvalue weighted by atomic mass is 16.3. The summed E-state index contributed by atoms with van der Waals surface area (Å²) in [6.45, 7) is 11.1. The summed E-state index contributed by atoms with van der Waals surface area (Å²) in [6, 6.07) is 2.49. The molecular formula is C17H31NO. The lowest BCUT2D eigenvalue weighted by atomic mass is 9.61. The third kappa shape index (κ3) is 3.51. The standard InChI is InChI=1S/C17H31NO/c1-6-13(7-2)15(19)17(12-18)10-8-14(9-11-17)16(3,4)5/h13-15,19H,6-11H2,1-5H3. The van der Waals surface area contributed by atoms with Crippen LogP contribution in [0.4, 0.5) is 0 Å². The molecule has 1 aliphatic carbocycles. The SMILES string of the molecule is CCC(CC)C(O)C1(C#N)CCC(C(C)(C)C)CC1. The van der Waals surface area contributed by atoms with Gasteiger partial charge >= 0.3 is 0 Å². The highest BCUT2D eigenvalue weighted by molar-refractivity contribution is 5.07. The summed E-state index contributed by atoms with van der Waals surface area (Å²) in [5, 5.41) is 20.3. The first-order valence-electron chi connectivity index (χ1n) is 7.90. The Kier molecular flexibility index (Phi) is 5.44. The maximum Gasteiger partial charge on any atom is 0.0835 e. The van der Waals surface area contributed by atoms with E-state index in [1.807, 2.05) is 0 Å². The highest BCUT2D eigenvalue weighted by Crippen LogP contribution is 2.48. The van der Waals surface area contributed by atoms with Crippen molar-refractivity contribution in [3.8, 4) is 6.07 Å². The van der Waals surface area contributed by atoms with Crippen molar-refractivity contribution in [3.05, 3.63) is 0 Å². The third-order valence-electron chi connectivity index (χ3n) is 5.39. The van der Waals surface area contributed by atoms with Gasteiger partial charge in [-0.25, -0.2) is 0 Å². The number of hydrogen-bond acceptors (Lipinski definition) is 2. The average molecular weight is 265 g/mol. The van der Waals surface area contributed by atoms with E-state index in [1.165, 1.54) is 0 Å². The fourth-order valence-electron chi connectivity index (χ4n) is 3.66. The molecule has 0 radical (unpaired) electrons. The van der Waals surface area contributed by atoms with E-state index in [0.29, 0.717) is 11.3 Å². The molecular weight excluding hydrogens is 234 g/mol. The normalized spacial score (nSPS) is 30.1. The number of rotatable bonds is 4. The van der Waals surface area contributed by atoms with E-state index in [0.717, 1.165) is 38.5 Å². The summed E-state index contributed by atoms with van der Waals surface area (Å²) >= 11 is 0. The van der Waals surface area contributed by atoms with Gasteiger partial charge in [0.2, 0.25) is 0 Å². The van der Waals surface area contributed by atoms with Crippen LogP contribution in [0.1, 0.15) is 73.1 Å². The van der Waals surface area contributed by atoms with E-state index in [4.69, 9.17) is 0 Å². The van der Waals surface area contributed by atoms with Crippen LogP contribution in [0.2, 0.25) is 0 Å². The molecule has 1 aliphatic rings. The predicted molar refractivity (Wildman–Crippen MR) is 79.5 cm³/mol. The van der Waals surface area contributed by atoms with E-state index >= 15 is 0 Å². The number of aliphatic hydroxyl groups excluding tert-OH is 1. The van der Waals surface area contributed by atoms with Gasteiger partial charge in [-0.3, -0.25) is 0 Å². The van der Waals surface area contributed by atoms with Gasteiger partial charge in [0.1, 0.15) is 0 Å². The molecule has 1 N–H and O–H groups in total. The lowest BCUT2D eigenvalue weighted by Crippen LogP contribution is -2.43. The minimum atomic E-state index is -0.488. The maximum atomic E-state index is 10.7. The molecule has 0 aliphatic heterocycles. The van der Waals surface area contributed by atoms with Crippen molar-refractivity contribution < 1.29 is 5.11 Å². The van der Waals surface area contributed by atoms with Crippen molar-refractivity contribution in [1.82, 2.24) is 0 Å². The second-order valence-electron chi connectivity index (χ2n) is 7.43. The molecule has 1 unspecified atom stereocenters. The summed E-state index contributed by atoms with van der Waals surface area (Å²) in [4.78, 5) is 0. The zero-order valence-electron chi connectivity index (χ0n) is 13.4. The Hall–Kier alpha value is -0.550. The molecule has 0 aromatic heterocycles. The molecule has 1 rings (SSSR count). The van der Waals surface area contributed by atoms with E-state index in [-0.39, 0.29) is 5.92 Å². The van der Waals surface area contributed by atoms with Crippen LogP contribution in [-0.4, -0.2) is 11.2 Å². The van der Waals surface area contributed by atoms with Crippen molar-refractivity contribution in [3.63, 3.8) is 0 Å². The van der Waals surface area contributed by atoms with Gasteiger partial charge in [-0.15, -0.1) is 0 Å². The minimum Gasteiger partial charge on any atom is -0.391 e. The number of hydrogen-bond donors (Lipinski definition) is 1. The lowest BCUT2D eigenvalue weighted by Gasteiger charge is -2.44. The monoisotopic (exact) mass is 265 g/mol. The predicted octanol–water partition coefficient (Wildman–Crippen LogP) is 4.53. The summed E-state index contributed by atoms with van der Waals surface area (Å²) < 4.78 is 0. The van der Waals surface area contributed by atoms with Crippen molar-refractivity contribution in [2.75, 3.05) is 0 Å². The Bertz CT molecular complexity index is 311. The molecule has 2 heteroatoms. The van der Waals surface area contributed by atoms with Crippen molar-refractivity contribution in [2.24, 2.45) is 22.7 Å². The Morgan fingerprint density at radius 1 is 1.21 bits per heavy atom. The van der Waals surface area contributed by atoms with Gasteiger partial charge in [-0.1, -0.05) is 47.5 Å². The molecule has 1 saturated carbocycles. The van der Waals surface area contributed by atoms with Crippen LogP contribution in [0.5, 0.6) is 0 Å². The molecule has 19 heavy (non-hydrogen) atoms. The van der Waals surface area contributed by atoms with Gasteiger partial charge in [0, 0.05) is 0 Å².